The van der Waals surface area contributed by atoms with Crippen LogP contribution < -0.4 is 0 Å². The molecule has 3 aliphatic rings. The lowest BCUT2D eigenvalue weighted by molar-refractivity contribution is -0.0411. The highest BCUT2D eigenvalue weighted by Gasteiger charge is 2.39. The topological polar surface area (TPSA) is 32.7 Å². The van der Waals surface area contributed by atoms with Gasteiger partial charge in [0.25, 0.3) is 0 Å². The predicted molar refractivity (Wildman–Crippen MR) is 80.7 cm³/mol. The summed E-state index contributed by atoms with van der Waals surface area (Å²) >= 11 is 0. The van der Waals surface area contributed by atoms with Gasteiger partial charge in [-0.3, -0.25) is 4.90 Å². The minimum absolute atomic E-state index is 0.0599. The molecule has 4 atom stereocenters. The molecule has 3 heteroatoms. The Hall–Kier alpha value is -0.120. The molecule has 3 nitrogen and oxygen atoms in total. The maximum atomic E-state index is 10.3. The second-order valence-electron chi connectivity index (χ2n) is 7.76. The van der Waals surface area contributed by atoms with Crippen molar-refractivity contribution in [1.82, 2.24) is 4.90 Å². The summed E-state index contributed by atoms with van der Waals surface area (Å²) in [6, 6.07) is 0.609. The van der Waals surface area contributed by atoms with Crippen LogP contribution in [0.3, 0.4) is 0 Å². The third-order valence-corrected chi connectivity index (χ3v) is 5.68. The van der Waals surface area contributed by atoms with E-state index in [1.165, 1.54) is 51.5 Å². The van der Waals surface area contributed by atoms with Crippen LogP contribution in [0, 0.1) is 5.92 Å². The maximum Gasteiger partial charge on any atom is 0.0710 e. The van der Waals surface area contributed by atoms with Crippen LogP contribution in [0.1, 0.15) is 65.2 Å². The van der Waals surface area contributed by atoms with Crippen molar-refractivity contribution in [3.63, 3.8) is 0 Å². The van der Waals surface area contributed by atoms with Crippen molar-refractivity contribution >= 4 is 0 Å². The fourth-order valence-corrected chi connectivity index (χ4v) is 4.62. The number of nitrogens with zero attached hydrogens (tertiary/aromatic N) is 1. The lowest BCUT2D eigenvalue weighted by atomic mass is 9.80. The third kappa shape index (κ3) is 3.20. The van der Waals surface area contributed by atoms with Crippen LogP contribution in [0.25, 0.3) is 0 Å². The van der Waals surface area contributed by atoms with E-state index in [0.717, 1.165) is 13.0 Å². The van der Waals surface area contributed by atoms with Crippen molar-refractivity contribution in [2.45, 2.75) is 89.1 Å². The van der Waals surface area contributed by atoms with Gasteiger partial charge in [-0.15, -0.1) is 0 Å². The van der Waals surface area contributed by atoms with Crippen molar-refractivity contribution in [2.24, 2.45) is 5.92 Å². The Kier molecular flexibility index (Phi) is 4.40. The van der Waals surface area contributed by atoms with Crippen molar-refractivity contribution < 1.29 is 9.84 Å². The Morgan fingerprint density at radius 3 is 2.60 bits per heavy atom. The Balaban J connectivity index is 1.58. The van der Waals surface area contributed by atoms with E-state index in [9.17, 15) is 5.11 Å². The standard InChI is InChI=1S/C17H31NO2/c1-17(2)10-9-13(20-17)12-18-11-5-7-15(18)14-6-3-4-8-16(14)19/h13-16,19H,3-12H2,1-2H3. The average molecular weight is 281 g/mol. The summed E-state index contributed by atoms with van der Waals surface area (Å²) in [6.45, 7) is 6.70. The van der Waals surface area contributed by atoms with Crippen LogP contribution in [0.5, 0.6) is 0 Å². The number of likely N-dealkylation sites (tertiary alicyclic amines) is 1. The van der Waals surface area contributed by atoms with Gasteiger partial charge >= 0.3 is 0 Å². The fourth-order valence-electron chi connectivity index (χ4n) is 4.62. The first-order chi connectivity index (χ1) is 9.55. The number of ether oxygens (including phenoxy) is 1. The Bertz CT molecular complexity index is 331. The van der Waals surface area contributed by atoms with Gasteiger partial charge in [-0.1, -0.05) is 12.8 Å². The van der Waals surface area contributed by atoms with E-state index in [1.807, 2.05) is 0 Å². The molecule has 0 aromatic rings. The van der Waals surface area contributed by atoms with Gasteiger partial charge in [-0.25, -0.2) is 0 Å². The molecule has 0 spiro atoms. The summed E-state index contributed by atoms with van der Waals surface area (Å²) in [7, 11) is 0. The highest BCUT2D eigenvalue weighted by Crippen LogP contribution is 2.36. The summed E-state index contributed by atoms with van der Waals surface area (Å²) in [5.41, 5.74) is 0.0737. The van der Waals surface area contributed by atoms with Gasteiger partial charge in [0.2, 0.25) is 0 Å². The molecule has 4 unspecified atom stereocenters. The summed E-state index contributed by atoms with van der Waals surface area (Å²) in [5.74, 6) is 0.515. The normalized spacial score (nSPS) is 42.1. The molecule has 3 rings (SSSR count). The molecular formula is C17H31NO2. The van der Waals surface area contributed by atoms with Gasteiger partial charge in [0.05, 0.1) is 17.8 Å². The fraction of sp³-hybridized carbons (Fsp3) is 1.00. The first-order valence-corrected chi connectivity index (χ1v) is 8.65. The Morgan fingerprint density at radius 2 is 1.90 bits per heavy atom. The van der Waals surface area contributed by atoms with Gasteiger partial charge in [0.1, 0.15) is 0 Å². The van der Waals surface area contributed by atoms with Crippen LogP contribution in [0.15, 0.2) is 0 Å². The van der Waals surface area contributed by atoms with E-state index in [2.05, 4.69) is 18.7 Å². The highest BCUT2D eigenvalue weighted by atomic mass is 16.5. The Labute approximate surface area is 123 Å². The van der Waals surface area contributed by atoms with E-state index in [4.69, 9.17) is 4.74 Å². The lowest BCUT2D eigenvalue weighted by Crippen LogP contribution is -2.45. The van der Waals surface area contributed by atoms with Crippen LogP contribution in [-0.4, -0.2) is 46.9 Å². The van der Waals surface area contributed by atoms with E-state index < -0.39 is 0 Å². The molecule has 0 aromatic heterocycles. The van der Waals surface area contributed by atoms with E-state index in [-0.39, 0.29) is 11.7 Å². The van der Waals surface area contributed by atoms with Crippen molar-refractivity contribution in [3.8, 4) is 0 Å². The molecule has 0 bridgehead atoms. The number of hydrogen-bond donors (Lipinski definition) is 1. The van der Waals surface area contributed by atoms with E-state index >= 15 is 0 Å². The molecule has 0 aromatic carbocycles. The minimum Gasteiger partial charge on any atom is -0.393 e. The van der Waals surface area contributed by atoms with E-state index in [0.29, 0.717) is 18.1 Å². The Morgan fingerprint density at radius 1 is 1.10 bits per heavy atom. The summed E-state index contributed by atoms with van der Waals surface area (Å²) in [5, 5.41) is 10.3. The van der Waals surface area contributed by atoms with Crippen LogP contribution in [0.4, 0.5) is 0 Å². The number of hydrogen-bond acceptors (Lipinski definition) is 3. The van der Waals surface area contributed by atoms with Crippen LogP contribution in [-0.2, 0) is 4.74 Å². The zero-order valence-electron chi connectivity index (χ0n) is 13.2. The molecule has 1 saturated carbocycles. The zero-order valence-corrected chi connectivity index (χ0v) is 13.2. The second-order valence-corrected chi connectivity index (χ2v) is 7.76. The summed E-state index contributed by atoms with van der Waals surface area (Å²) in [6.07, 6.45) is 10.1. The molecule has 0 radical (unpaired) electrons. The smallest absolute Gasteiger partial charge is 0.0710 e. The number of rotatable bonds is 3. The monoisotopic (exact) mass is 281 g/mol. The summed E-state index contributed by atoms with van der Waals surface area (Å²) in [4.78, 5) is 2.63. The van der Waals surface area contributed by atoms with Crippen molar-refractivity contribution in [3.05, 3.63) is 0 Å². The molecule has 1 aliphatic carbocycles. The van der Waals surface area contributed by atoms with Crippen molar-refractivity contribution in [2.75, 3.05) is 13.1 Å². The maximum absolute atomic E-state index is 10.3. The van der Waals surface area contributed by atoms with Crippen LogP contribution in [0.2, 0.25) is 0 Å². The quantitative estimate of drug-likeness (QED) is 0.863. The van der Waals surface area contributed by atoms with Gasteiger partial charge in [-0.2, -0.15) is 0 Å². The molecular weight excluding hydrogens is 250 g/mol. The molecule has 116 valence electrons. The molecule has 2 aliphatic heterocycles. The minimum atomic E-state index is -0.0599. The van der Waals surface area contributed by atoms with Gasteiger partial charge < -0.3 is 9.84 Å². The van der Waals surface area contributed by atoms with Gasteiger partial charge in [0, 0.05) is 18.5 Å². The largest absolute Gasteiger partial charge is 0.393 e. The van der Waals surface area contributed by atoms with Crippen molar-refractivity contribution in [1.29, 1.82) is 0 Å². The number of aliphatic hydroxyl groups excluding tert-OH is 1. The second kappa shape index (κ2) is 5.94. The third-order valence-electron chi connectivity index (χ3n) is 5.68. The molecule has 20 heavy (non-hydrogen) atoms. The van der Waals surface area contributed by atoms with Gasteiger partial charge in [-0.05, 0) is 58.9 Å². The van der Waals surface area contributed by atoms with Crippen LogP contribution >= 0.6 is 0 Å². The average Bonchev–Trinajstić information content (AvgIpc) is 2.97. The van der Waals surface area contributed by atoms with Gasteiger partial charge in [0.15, 0.2) is 0 Å². The first-order valence-electron chi connectivity index (χ1n) is 8.65. The molecule has 1 N–H and O–H groups in total. The zero-order chi connectivity index (χ0) is 14.2. The molecule has 0 amide bonds. The lowest BCUT2D eigenvalue weighted by Gasteiger charge is -2.38. The number of aliphatic hydroxyl groups is 1. The van der Waals surface area contributed by atoms with E-state index in [1.54, 1.807) is 0 Å². The predicted octanol–water partition coefficient (Wildman–Crippen LogP) is 2.96. The molecule has 2 heterocycles. The molecule has 3 fully saturated rings. The molecule has 2 saturated heterocycles. The summed E-state index contributed by atoms with van der Waals surface area (Å²) < 4.78 is 6.17. The first kappa shape index (κ1) is 14.8. The highest BCUT2D eigenvalue weighted by molar-refractivity contribution is 4.92. The SMILES string of the molecule is CC1(C)CCC(CN2CCCC2C2CCCCC2O)O1.